The molecule has 1 aliphatic carbocycles. The largest absolute Gasteiger partial charge is 0.495 e. The van der Waals surface area contributed by atoms with Crippen LogP contribution in [0.2, 0.25) is 0 Å². The van der Waals surface area contributed by atoms with Gasteiger partial charge in [-0.3, -0.25) is 4.79 Å². The van der Waals surface area contributed by atoms with E-state index in [1.54, 1.807) is 6.07 Å². The van der Waals surface area contributed by atoms with Crippen LogP contribution < -0.4 is 9.47 Å². The minimum Gasteiger partial charge on any atom is -0.495 e. The van der Waals surface area contributed by atoms with E-state index in [0.717, 1.165) is 25.7 Å². The van der Waals surface area contributed by atoms with Crippen molar-refractivity contribution in [1.82, 2.24) is 0 Å². The van der Waals surface area contributed by atoms with Crippen molar-refractivity contribution < 1.29 is 18.7 Å². The lowest BCUT2D eigenvalue weighted by Gasteiger charge is -2.24. The van der Waals surface area contributed by atoms with E-state index < -0.39 is 11.8 Å². The number of benzene rings is 1. The molecule has 0 spiro atoms. The summed E-state index contributed by atoms with van der Waals surface area (Å²) in [4.78, 5) is 12.1. The van der Waals surface area contributed by atoms with E-state index in [-0.39, 0.29) is 23.0 Å². The van der Waals surface area contributed by atoms with Gasteiger partial charge in [0.1, 0.15) is 17.4 Å². The number of carbonyl (C=O) groups is 1. The Hall–Kier alpha value is -2.09. The van der Waals surface area contributed by atoms with Crippen molar-refractivity contribution >= 4 is 5.97 Å². The Balaban J connectivity index is 2.13. The van der Waals surface area contributed by atoms with Gasteiger partial charge in [0.2, 0.25) is 0 Å². The second-order valence-electron chi connectivity index (χ2n) is 5.44. The molecule has 1 aromatic rings. The number of hydrogen-bond donors (Lipinski definition) is 0. The summed E-state index contributed by atoms with van der Waals surface area (Å²) in [6, 6.07) is 4.46. The maximum absolute atomic E-state index is 14.1. The Bertz CT molecular complexity index is 572. The highest BCUT2D eigenvalue weighted by molar-refractivity contribution is 5.75. The lowest BCUT2D eigenvalue weighted by molar-refractivity contribution is -0.140. The fourth-order valence-corrected chi connectivity index (χ4v) is 2.58. The maximum Gasteiger partial charge on any atom is 0.314 e. The van der Waals surface area contributed by atoms with E-state index in [0.29, 0.717) is 5.92 Å². The second kappa shape index (κ2) is 6.57. The fourth-order valence-electron chi connectivity index (χ4n) is 2.58. The number of nitrogens with zero attached hydrogens (tertiary/aromatic N) is 1. The summed E-state index contributed by atoms with van der Waals surface area (Å²) in [5, 5.41) is 8.96. The summed E-state index contributed by atoms with van der Waals surface area (Å²) in [6.45, 7) is 2.16. The summed E-state index contributed by atoms with van der Waals surface area (Å²) in [7, 11) is 1.35. The van der Waals surface area contributed by atoms with Crippen molar-refractivity contribution in [3.8, 4) is 17.6 Å². The number of carbonyl (C=O) groups excluding carboxylic acids is 1. The number of ether oxygens (including phenoxy) is 2. The van der Waals surface area contributed by atoms with Crippen molar-refractivity contribution in [2.75, 3.05) is 7.11 Å². The van der Waals surface area contributed by atoms with Crippen LogP contribution >= 0.6 is 0 Å². The predicted molar refractivity (Wildman–Crippen MR) is 74.4 cm³/mol. The molecule has 1 aliphatic rings. The summed E-state index contributed by atoms with van der Waals surface area (Å²) in [5.74, 6) is -0.924. The molecule has 0 N–H and O–H groups in total. The van der Waals surface area contributed by atoms with Crippen molar-refractivity contribution in [3.63, 3.8) is 0 Å². The Labute approximate surface area is 123 Å². The number of nitriles is 1. The molecule has 0 aromatic heterocycles. The third-order valence-corrected chi connectivity index (χ3v) is 3.96. The average molecular weight is 291 g/mol. The molecule has 4 nitrogen and oxygen atoms in total. The van der Waals surface area contributed by atoms with Crippen molar-refractivity contribution in [2.45, 2.75) is 32.6 Å². The Kier molecular flexibility index (Phi) is 4.79. The van der Waals surface area contributed by atoms with Gasteiger partial charge in [-0.05, 0) is 43.7 Å². The zero-order chi connectivity index (χ0) is 15.4. The van der Waals surface area contributed by atoms with Crippen molar-refractivity contribution in [2.24, 2.45) is 11.8 Å². The molecule has 0 atom stereocenters. The zero-order valence-corrected chi connectivity index (χ0v) is 12.2. The quantitative estimate of drug-likeness (QED) is 0.632. The second-order valence-corrected chi connectivity index (χ2v) is 5.44. The zero-order valence-electron chi connectivity index (χ0n) is 12.2. The first-order valence-corrected chi connectivity index (χ1v) is 7.05. The third kappa shape index (κ3) is 3.33. The van der Waals surface area contributed by atoms with Gasteiger partial charge >= 0.3 is 5.97 Å². The van der Waals surface area contributed by atoms with Gasteiger partial charge in [0.05, 0.1) is 13.0 Å². The van der Waals surface area contributed by atoms with Gasteiger partial charge in [-0.2, -0.15) is 5.26 Å². The molecule has 0 saturated heterocycles. The van der Waals surface area contributed by atoms with Crippen LogP contribution in [0.4, 0.5) is 4.39 Å². The van der Waals surface area contributed by atoms with E-state index >= 15 is 0 Å². The van der Waals surface area contributed by atoms with Crippen LogP contribution in [0, 0.1) is 29.0 Å². The predicted octanol–water partition coefficient (Wildman–Crippen LogP) is 3.44. The molecule has 5 heteroatoms. The molecular formula is C16H18FNO3. The molecule has 112 valence electrons. The number of hydrogen-bond acceptors (Lipinski definition) is 4. The van der Waals surface area contributed by atoms with Gasteiger partial charge in [0, 0.05) is 0 Å². The summed E-state index contributed by atoms with van der Waals surface area (Å²) >= 11 is 0. The first-order chi connectivity index (χ1) is 10.1. The fraction of sp³-hybridized carbons (Fsp3) is 0.500. The normalized spacial score (nSPS) is 21.4. The van der Waals surface area contributed by atoms with Crippen LogP contribution in [0.1, 0.15) is 38.2 Å². The SMILES string of the molecule is COc1ccc(OC(=O)C2CCC(C)CC2)c(F)c1C#N. The van der Waals surface area contributed by atoms with Crippen LogP contribution in [0.15, 0.2) is 12.1 Å². The Morgan fingerprint density at radius 2 is 1.90 bits per heavy atom. The Morgan fingerprint density at radius 1 is 1.29 bits per heavy atom. The number of methoxy groups -OCH3 is 1. The summed E-state index contributed by atoms with van der Waals surface area (Å²) in [5.41, 5.74) is -0.250. The van der Waals surface area contributed by atoms with Gasteiger partial charge in [0.15, 0.2) is 11.6 Å². The minimum atomic E-state index is -0.852. The van der Waals surface area contributed by atoms with Crippen LogP contribution in [0.3, 0.4) is 0 Å². The maximum atomic E-state index is 14.1. The molecule has 1 aromatic carbocycles. The highest BCUT2D eigenvalue weighted by Gasteiger charge is 2.27. The molecule has 1 fully saturated rings. The number of esters is 1. The van der Waals surface area contributed by atoms with E-state index in [4.69, 9.17) is 14.7 Å². The lowest BCUT2D eigenvalue weighted by atomic mass is 9.83. The molecule has 0 unspecified atom stereocenters. The smallest absolute Gasteiger partial charge is 0.314 e. The van der Waals surface area contributed by atoms with Crippen molar-refractivity contribution in [1.29, 1.82) is 5.26 Å². The molecule has 2 rings (SSSR count). The molecule has 0 bridgehead atoms. The standard InChI is InChI=1S/C16H18FNO3/c1-10-3-5-11(6-4-10)16(19)21-14-8-7-13(20-2)12(9-18)15(14)17/h7-8,10-11H,3-6H2,1-2H3. The summed E-state index contributed by atoms with van der Waals surface area (Å²) < 4.78 is 24.2. The molecular weight excluding hydrogens is 273 g/mol. The molecule has 21 heavy (non-hydrogen) atoms. The monoisotopic (exact) mass is 291 g/mol. The van der Waals surface area contributed by atoms with Crippen LogP contribution in [-0.2, 0) is 4.79 Å². The third-order valence-electron chi connectivity index (χ3n) is 3.96. The van der Waals surface area contributed by atoms with Crippen LogP contribution in [0.5, 0.6) is 11.5 Å². The molecule has 0 radical (unpaired) electrons. The van der Waals surface area contributed by atoms with Crippen molar-refractivity contribution in [3.05, 3.63) is 23.5 Å². The van der Waals surface area contributed by atoms with E-state index in [1.165, 1.54) is 19.2 Å². The van der Waals surface area contributed by atoms with E-state index in [1.807, 2.05) is 0 Å². The van der Waals surface area contributed by atoms with Gasteiger partial charge in [0.25, 0.3) is 0 Å². The number of halogens is 1. The molecule has 0 aliphatic heterocycles. The van der Waals surface area contributed by atoms with E-state index in [9.17, 15) is 9.18 Å². The Morgan fingerprint density at radius 3 is 2.48 bits per heavy atom. The van der Waals surface area contributed by atoms with E-state index in [2.05, 4.69) is 6.92 Å². The van der Waals surface area contributed by atoms with Gasteiger partial charge in [-0.1, -0.05) is 6.92 Å². The molecule has 1 saturated carbocycles. The topological polar surface area (TPSA) is 59.3 Å². The first-order valence-electron chi connectivity index (χ1n) is 7.05. The van der Waals surface area contributed by atoms with Crippen LogP contribution in [0.25, 0.3) is 0 Å². The molecule has 0 heterocycles. The first kappa shape index (κ1) is 15.3. The van der Waals surface area contributed by atoms with Crippen LogP contribution in [-0.4, -0.2) is 13.1 Å². The van der Waals surface area contributed by atoms with Gasteiger partial charge in [-0.15, -0.1) is 0 Å². The average Bonchev–Trinajstić information content (AvgIpc) is 2.49. The number of rotatable bonds is 3. The highest BCUT2D eigenvalue weighted by atomic mass is 19.1. The molecule has 0 amide bonds. The summed E-state index contributed by atoms with van der Waals surface area (Å²) in [6.07, 6.45) is 3.49. The minimum absolute atomic E-state index is 0.126. The van der Waals surface area contributed by atoms with Gasteiger partial charge in [-0.25, -0.2) is 4.39 Å². The lowest BCUT2D eigenvalue weighted by Crippen LogP contribution is -2.25. The van der Waals surface area contributed by atoms with Gasteiger partial charge < -0.3 is 9.47 Å². The highest BCUT2D eigenvalue weighted by Crippen LogP contribution is 2.32.